The maximum atomic E-state index is 5.55. The number of nitrogens with zero attached hydrogens (tertiary/aromatic N) is 2. The van der Waals surface area contributed by atoms with Crippen LogP contribution >= 0.6 is 11.3 Å². The Labute approximate surface area is 231 Å². The minimum Gasteiger partial charge on any atom is -0.464 e. The van der Waals surface area contributed by atoms with Gasteiger partial charge in [0.05, 0.1) is 6.26 Å². The molecule has 0 atom stereocenters. The summed E-state index contributed by atoms with van der Waals surface area (Å²) in [5.41, 5.74) is 4.02. The minimum atomic E-state index is 0. The first kappa shape index (κ1) is 23.5. The molecule has 0 bridgehead atoms. The van der Waals surface area contributed by atoms with Crippen LogP contribution in [-0.4, -0.2) is 9.97 Å². The second-order valence-electron chi connectivity index (χ2n) is 8.46. The predicted octanol–water partition coefficient (Wildman–Crippen LogP) is 8.80. The number of pyridine rings is 2. The number of thiophene rings is 1. The molecule has 179 valence electrons. The maximum Gasteiger partial charge on any atom is 0.135 e. The Morgan fingerprint density at radius 1 is 0.730 bits per heavy atom. The molecule has 0 amide bonds. The third-order valence-electron chi connectivity index (χ3n) is 6.33. The standard InChI is InChI=1S/C21H10NOS.C11H8N.Ir/c1-4-13-15-10-12(16-6-3-9-23-16)11-22-21(15)14-5-2-8-18-20(14)19(13)17(7-1)24-18;1-2-6-10(7-3-1)11-8-4-5-9-12-11;/h1-4,6-11H;1-6,8-9H;/q2*-1;. The Bertz CT molecular complexity index is 1890. The number of fused-ring (bicyclic) bond motifs is 3. The molecule has 8 aromatic rings. The molecule has 0 N–H and O–H groups in total. The molecule has 0 spiro atoms. The monoisotopic (exact) mass is 671 g/mol. The van der Waals surface area contributed by atoms with E-state index in [2.05, 4.69) is 47.4 Å². The number of hydrogen-bond acceptors (Lipinski definition) is 4. The summed E-state index contributed by atoms with van der Waals surface area (Å²) in [7, 11) is 0. The molecule has 0 fully saturated rings. The summed E-state index contributed by atoms with van der Waals surface area (Å²) in [4.78, 5) is 9.00. The predicted molar refractivity (Wildman–Crippen MR) is 148 cm³/mol. The minimum absolute atomic E-state index is 0. The van der Waals surface area contributed by atoms with Crippen molar-refractivity contribution < 1.29 is 24.5 Å². The summed E-state index contributed by atoms with van der Waals surface area (Å²) in [5.74, 6) is 0.843. The Morgan fingerprint density at radius 2 is 1.65 bits per heavy atom. The molecule has 4 heterocycles. The Morgan fingerprint density at radius 3 is 2.46 bits per heavy atom. The van der Waals surface area contributed by atoms with Crippen molar-refractivity contribution in [3.63, 3.8) is 0 Å². The zero-order valence-corrected chi connectivity index (χ0v) is 22.6. The van der Waals surface area contributed by atoms with E-state index in [1.807, 2.05) is 78.2 Å². The molecular formula is C32H18IrN2OS-2. The average Bonchev–Trinajstić information content (AvgIpc) is 3.63. The van der Waals surface area contributed by atoms with E-state index in [4.69, 9.17) is 9.40 Å². The first-order chi connectivity index (χ1) is 17.9. The van der Waals surface area contributed by atoms with Gasteiger partial charge in [0.25, 0.3) is 0 Å². The third-order valence-corrected chi connectivity index (χ3v) is 7.45. The molecule has 0 saturated carbocycles. The smallest absolute Gasteiger partial charge is 0.135 e. The Kier molecular flexibility index (Phi) is 6.27. The molecule has 37 heavy (non-hydrogen) atoms. The molecule has 0 aliphatic heterocycles. The fourth-order valence-corrected chi connectivity index (χ4v) is 5.88. The van der Waals surface area contributed by atoms with Crippen molar-refractivity contribution in [3.05, 3.63) is 122 Å². The summed E-state index contributed by atoms with van der Waals surface area (Å²) < 4.78 is 8.17. The summed E-state index contributed by atoms with van der Waals surface area (Å²) in [5, 5.41) is 6.14. The van der Waals surface area contributed by atoms with Gasteiger partial charge in [0.2, 0.25) is 0 Å². The van der Waals surface area contributed by atoms with E-state index in [-0.39, 0.29) is 20.1 Å². The fourth-order valence-electron chi connectivity index (χ4n) is 4.74. The fraction of sp³-hybridized carbons (Fsp3) is 0. The summed E-state index contributed by atoms with van der Waals surface area (Å²) in [6.45, 7) is 0. The molecule has 3 nitrogen and oxygen atoms in total. The average molecular weight is 671 g/mol. The van der Waals surface area contributed by atoms with E-state index in [0.717, 1.165) is 38.9 Å². The third kappa shape index (κ3) is 4.11. The van der Waals surface area contributed by atoms with E-state index in [1.54, 1.807) is 12.5 Å². The van der Waals surface area contributed by atoms with Crippen molar-refractivity contribution in [3.8, 4) is 22.6 Å². The molecule has 5 heteroatoms. The van der Waals surface area contributed by atoms with Gasteiger partial charge in [-0.2, -0.15) is 11.3 Å². The first-order valence-corrected chi connectivity index (χ1v) is 12.5. The Balaban J connectivity index is 0.000000165. The zero-order chi connectivity index (χ0) is 23.9. The van der Waals surface area contributed by atoms with Gasteiger partial charge >= 0.3 is 0 Å². The molecule has 4 aromatic heterocycles. The van der Waals surface area contributed by atoms with Gasteiger partial charge < -0.3 is 14.4 Å². The van der Waals surface area contributed by atoms with Gasteiger partial charge in [0.15, 0.2) is 0 Å². The van der Waals surface area contributed by atoms with E-state index in [0.29, 0.717) is 0 Å². The van der Waals surface area contributed by atoms with E-state index >= 15 is 0 Å². The van der Waals surface area contributed by atoms with Crippen LogP contribution in [-0.2, 0) is 20.1 Å². The van der Waals surface area contributed by atoms with E-state index in [9.17, 15) is 0 Å². The second kappa shape index (κ2) is 9.87. The molecule has 0 aliphatic carbocycles. The number of rotatable bonds is 2. The molecule has 8 rings (SSSR count). The largest absolute Gasteiger partial charge is 0.464 e. The van der Waals surface area contributed by atoms with Crippen molar-refractivity contribution in [2.75, 3.05) is 0 Å². The van der Waals surface area contributed by atoms with Gasteiger partial charge in [-0.25, -0.2) is 0 Å². The Hall–Kier alpha value is -3.89. The molecular weight excluding hydrogens is 653 g/mol. The summed E-state index contributed by atoms with van der Waals surface area (Å²) in [6, 6.07) is 37.0. The molecule has 0 unspecified atom stereocenters. The van der Waals surface area contributed by atoms with Crippen LogP contribution in [0.15, 0.2) is 114 Å². The van der Waals surface area contributed by atoms with Gasteiger partial charge in [-0.15, -0.1) is 59.5 Å². The number of aromatic nitrogens is 2. The quantitative estimate of drug-likeness (QED) is 0.136. The molecule has 4 aromatic carbocycles. The van der Waals surface area contributed by atoms with Crippen molar-refractivity contribution >= 4 is 53.2 Å². The van der Waals surface area contributed by atoms with Gasteiger partial charge in [-0.3, -0.25) is 0 Å². The van der Waals surface area contributed by atoms with Gasteiger partial charge in [0.1, 0.15) is 5.76 Å². The van der Waals surface area contributed by atoms with Gasteiger partial charge in [-0.1, -0.05) is 29.7 Å². The topological polar surface area (TPSA) is 38.9 Å². The summed E-state index contributed by atoms with van der Waals surface area (Å²) >= 11 is 1.84. The van der Waals surface area contributed by atoms with Crippen LogP contribution in [0.1, 0.15) is 0 Å². The number of furan rings is 1. The van der Waals surface area contributed by atoms with Crippen molar-refractivity contribution in [2.24, 2.45) is 0 Å². The van der Waals surface area contributed by atoms with Crippen LogP contribution in [0.4, 0.5) is 0 Å². The molecule has 0 aliphatic rings. The molecule has 1 radical (unpaired) electrons. The second-order valence-corrected chi connectivity index (χ2v) is 9.55. The SMILES string of the molecule is [Ir].[c-]1ccc2sc3cccc4c5cc(-c6ccco6)cnc5c1c2c34.[c-]1ccccc1-c1ccccn1. The molecule has 0 saturated heterocycles. The van der Waals surface area contributed by atoms with Crippen molar-refractivity contribution in [1.82, 2.24) is 9.97 Å². The number of benzene rings is 4. The van der Waals surface area contributed by atoms with E-state index in [1.165, 1.54) is 25.6 Å². The summed E-state index contributed by atoms with van der Waals surface area (Å²) in [6.07, 6.45) is 5.37. The zero-order valence-electron chi connectivity index (χ0n) is 19.4. The van der Waals surface area contributed by atoms with Crippen LogP contribution in [0.25, 0.3) is 64.4 Å². The van der Waals surface area contributed by atoms with Crippen molar-refractivity contribution in [1.29, 1.82) is 0 Å². The van der Waals surface area contributed by atoms with Gasteiger partial charge in [0, 0.05) is 42.8 Å². The first-order valence-electron chi connectivity index (χ1n) is 11.7. The van der Waals surface area contributed by atoms with Crippen LogP contribution in [0, 0.1) is 12.1 Å². The van der Waals surface area contributed by atoms with Crippen LogP contribution < -0.4 is 0 Å². The van der Waals surface area contributed by atoms with Crippen LogP contribution in [0.3, 0.4) is 0 Å². The van der Waals surface area contributed by atoms with E-state index < -0.39 is 0 Å². The van der Waals surface area contributed by atoms with Gasteiger partial charge in [-0.05, 0) is 62.4 Å². The maximum absolute atomic E-state index is 5.55. The van der Waals surface area contributed by atoms with Crippen LogP contribution in [0.5, 0.6) is 0 Å². The number of hydrogen-bond donors (Lipinski definition) is 0. The normalized spacial score (nSPS) is 11.0. The van der Waals surface area contributed by atoms with Crippen molar-refractivity contribution in [2.45, 2.75) is 0 Å². The van der Waals surface area contributed by atoms with Crippen LogP contribution in [0.2, 0.25) is 0 Å².